The lowest BCUT2D eigenvalue weighted by atomic mass is 10.0. The minimum atomic E-state index is 0.945. The van der Waals surface area contributed by atoms with Gasteiger partial charge in [0.05, 0.1) is 0 Å². The average molecular weight is 155 g/mol. The molecule has 0 aliphatic carbocycles. The average Bonchev–Trinajstić information content (AvgIpc) is 2.04. The zero-order valence-corrected chi connectivity index (χ0v) is 8.40. The van der Waals surface area contributed by atoms with Crippen LogP contribution in [0.2, 0.25) is 0 Å². The molecule has 0 unspecified atom stereocenters. The summed E-state index contributed by atoms with van der Waals surface area (Å²) in [6, 6.07) is 0. The molecule has 0 aliphatic rings. The Labute approximate surface area is 72.4 Å². The summed E-state index contributed by atoms with van der Waals surface area (Å²) in [6.45, 7) is 6.78. The SMILES string of the molecule is C[CH]CCCCC[C@H](C)CC. The van der Waals surface area contributed by atoms with E-state index in [-0.39, 0.29) is 0 Å². The molecule has 0 spiro atoms. The van der Waals surface area contributed by atoms with E-state index < -0.39 is 0 Å². The van der Waals surface area contributed by atoms with Crippen LogP contribution >= 0.6 is 0 Å². The second kappa shape index (κ2) is 8.10. The second-order valence-corrected chi connectivity index (χ2v) is 3.56. The minimum absolute atomic E-state index is 0.945. The summed E-state index contributed by atoms with van der Waals surface area (Å²) >= 11 is 0. The van der Waals surface area contributed by atoms with Crippen molar-refractivity contribution in [3.05, 3.63) is 6.42 Å². The molecule has 0 nitrogen and oxygen atoms in total. The van der Waals surface area contributed by atoms with Crippen LogP contribution in [0.25, 0.3) is 0 Å². The molecule has 1 atom stereocenters. The summed E-state index contributed by atoms with van der Waals surface area (Å²) in [6.07, 6.45) is 10.6. The monoisotopic (exact) mass is 155 g/mol. The van der Waals surface area contributed by atoms with E-state index >= 15 is 0 Å². The van der Waals surface area contributed by atoms with Crippen molar-refractivity contribution in [1.82, 2.24) is 0 Å². The second-order valence-electron chi connectivity index (χ2n) is 3.56. The van der Waals surface area contributed by atoms with Crippen LogP contribution in [0.3, 0.4) is 0 Å². The molecule has 0 aromatic heterocycles. The highest BCUT2D eigenvalue weighted by Gasteiger charge is 1.97. The van der Waals surface area contributed by atoms with E-state index in [0.29, 0.717) is 0 Å². The fourth-order valence-electron chi connectivity index (χ4n) is 1.22. The zero-order valence-electron chi connectivity index (χ0n) is 8.40. The van der Waals surface area contributed by atoms with Crippen LogP contribution in [0, 0.1) is 12.3 Å². The smallest absolute Gasteiger partial charge is 0.0417 e. The van der Waals surface area contributed by atoms with Gasteiger partial charge in [0, 0.05) is 0 Å². The largest absolute Gasteiger partial charge is 0.0651 e. The number of unbranched alkanes of at least 4 members (excludes halogenated alkanes) is 4. The third kappa shape index (κ3) is 7.90. The summed E-state index contributed by atoms with van der Waals surface area (Å²) in [5.41, 5.74) is 0. The fourth-order valence-corrected chi connectivity index (χ4v) is 1.22. The van der Waals surface area contributed by atoms with E-state index in [2.05, 4.69) is 27.2 Å². The maximum atomic E-state index is 2.35. The molecular formula is C11H23. The van der Waals surface area contributed by atoms with Crippen molar-refractivity contribution >= 4 is 0 Å². The van der Waals surface area contributed by atoms with Gasteiger partial charge in [0.2, 0.25) is 0 Å². The fraction of sp³-hybridized carbons (Fsp3) is 0.909. The van der Waals surface area contributed by atoms with Gasteiger partial charge in [-0.3, -0.25) is 0 Å². The first-order chi connectivity index (χ1) is 5.31. The Balaban J connectivity index is 2.89. The van der Waals surface area contributed by atoms with Gasteiger partial charge in [-0.05, 0) is 12.3 Å². The Kier molecular flexibility index (Phi) is 8.10. The van der Waals surface area contributed by atoms with Crippen molar-refractivity contribution in [1.29, 1.82) is 0 Å². The molecular weight excluding hydrogens is 132 g/mol. The van der Waals surface area contributed by atoms with Gasteiger partial charge < -0.3 is 0 Å². The van der Waals surface area contributed by atoms with E-state index in [1.807, 2.05) is 0 Å². The molecule has 67 valence electrons. The Morgan fingerprint density at radius 2 is 1.91 bits per heavy atom. The molecule has 0 rings (SSSR count). The lowest BCUT2D eigenvalue weighted by Crippen LogP contribution is -1.91. The van der Waals surface area contributed by atoms with Crippen molar-refractivity contribution in [3.8, 4) is 0 Å². The van der Waals surface area contributed by atoms with Crippen LogP contribution in [-0.2, 0) is 0 Å². The summed E-state index contributed by atoms with van der Waals surface area (Å²) in [5, 5.41) is 0. The molecule has 1 radical (unpaired) electrons. The summed E-state index contributed by atoms with van der Waals surface area (Å²) in [5.74, 6) is 0.945. The first kappa shape index (κ1) is 11.0. The Morgan fingerprint density at radius 1 is 1.18 bits per heavy atom. The van der Waals surface area contributed by atoms with Gasteiger partial charge in [-0.25, -0.2) is 0 Å². The van der Waals surface area contributed by atoms with Crippen molar-refractivity contribution < 1.29 is 0 Å². The molecule has 11 heavy (non-hydrogen) atoms. The maximum absolute atomic E-state index is 2.35. The van der Waals surface area contributed by atoms with Gasteiger partial charge >= 0.3 is 0 Å². The third-order valence-electron chi connectivity index (χ3n) is 2.39. The highest BCUT2D eigenvalue weighted by atomic mass is 14.0. The predicted molar refractivity (Wildman–Crippen MR) is 52.5 cm³/mol. The van der Waals surface area contributed by atoms with Crippen LogP contribution < -0.4 is 0 Å². The Bertz CT molecular complexity index is 66.4. The van der Waals surface area contributed by atoms with E-state index in [1.54, 1.807) is 0 Å². The normalized spacial score (nSPS) is 13.4. The van der Waals surface area contributed by atoms with Gasteiger partial charge in [-0.1, -0.05) is 59.3 Å². The Morgan fingerprint density at radius 3 is 2.45 bits per heavy atom. The highest BCUT2D eigenvalue weighted by Crippen LogP contribution is 2.13. The van der Waals surface area contributed by atoms with E-state index in [0.717, 1.165) is 5.92 Å². The molecule has 0 saturated heterocycles. The third-order valence-corrected chi connectivity index (χ3v) is 2.39. The standard InChI is InChI=1S/C11H23/c1-4-6-7-8-9-10-11(3)5-2/h4,11H,5-10H2,1-3H3/t11-/m1/s1. The van der Waals surface area contributed by atoms with Gasteiger partial charge in [0.25, 0.3) is 0 Å². The molecule has 0 aliphatic heterocycles. The number of hydrogen-bond acceptors (Lipinski definition) is 0. The van der Waals surface area contributed by atoms with Gasteiger partial charge in [0.1, 0.15) is 0 Å². The van der Waals surface area contributed by atoms with Crippen LogP contribution in [-0.4, -0.2) is 0 Å². The zero-order chi connectivity index (χ0) is 8.53. The molecule has 0 N–H and O–H groups in total. The molecule has 0 aromatic rings. The molecule has 0 amide bonds. The molecule has 0 heterocycles. The molecule has 0 saturated carbocycles. The molecule has 0 aromatic carbocycles. The topological polar surface area (TPSA) is 0 Å². The van der Waals surface area contributed by atoms with Crippen LogP contribution in [0.1, 0.15) is 59.3 Å². The molecule has 0 heteroatoms. The lowest BCUT2D eigenvalue weighted by Gasteiger charge is -2.06. The summed E-state index contributed by atoms with van der Waals surface area (Å²) in [7, 11) is 0. The van der Waals surface area contributed by atoms with Crippen molar-refractivity contribution in [2.45, 2.75) is 59.3 Å². The quantitative estimate of drug-likeness (QED) is 0.483. The highest BCUT2D eigenvalue weighted by molar-refractivity contribution is 4.56. The van der Waals surface area contributed by atoms with E-state index in [1.165, 1.54) is 38.5 Å². The van der Waals surface area contributed by atoms with Crippen LogP contribution in [0.15, 0.2) is 0 Å². The first-order valence-corrected chi connectivity index (χ1v) is 5.09. The number of rotatable bonds is 7. The van der Waals surface area contributed by atoms with Gasteiger partial charge in [-0.15, -0.1) is 0 Å². The predicted octanol–water partition coefficient (Wildman–Crippen LogP) is 4.21. The van der Waals surface area contributed by atoms with Crippen LogP contribution in [0.4, 0.5) is 0 Å². The lowest BCUT2D eigenvalue weighted by molar-refractivity contribution is 0.478. The first-order valence-electron chi connectivity index (χ1n) is 5.09. The number of hydrogen-bond donors (Lipinski definition) is 0. The molecule has 0 fully saturated rings. The molecule has 0 bridgehead atoms. The maximum Gasteiger partial charge on any atom is -0.0417 e. The van der Waals surface area contributed by atoms with Crippen molar-refractivity contribution in [2.75, 3.05) is 0 Å². The van der Waals surface area contributed by atoms with Crippen LogP contribution in [0.5, 0.6) is 0 Å². The van der Waals surface area contributed by atoms with E-state index in [9.17, 15) is 0 Å². The minimum Gasteiger partial charge on any atom is -0.0651 e. The van der Waals surface area contributed by atoms with Gasteiger partial charge in [-0.2, -0.15) is 0 Å². The van der Waals surface area contributed by atoms with E-state index in [4.69, 9.17) is 0 Å². The van der Waals surface area contributed by atoms with Crippen molar-refractivity contribution in [3.63, 3.8) is 0 Å². The summed E-state index contributed by atoms with van der Waals surface area (Å²) < 4.78 is 0. The van der Waals surface area contributed by atoms with Crippen molar-refractivity contribution in [2.24, 2.45) is 5.92 Å². The summed E-state index contributed by atoms with van der Waals surface area (Å²) in [4.78, 5) is 0. The Hall–Kier alpha value is 0. The van der Waals surface area contributed by atoms with Gasteiger partial charge in [0.15, 0.2) is 0 Å².